The Hall–Kier alpha value is -3.01. The molecule has 0 aromatic heterocycles. The normalized spacial score (nSPS) is 15.5. The molecule has 1 fully saturated rings. The second-order valence-electron chi connectivity index (χ2n) is 6.38. The quantitative estimate of drug-likeness (QED) is 0.297. The second kappa shape index (κ2) is 8.62. The lowest BCUT2D eigenvalue weighted by molar-refractivity contribution is -0.113. The first-order valence-electron chi connectivity index (χ1n) is 8.97. The highest BCUT2D eigenvalue weighted by molar-refractivity contribution is 8.27. The number of para-hydroxylation sites is 1. The summed E-state index contributed by atoms with van der Waals surface area (Å²) >= 11 is 6.39. The smallest absolute Gasteiger partial charge is 0.339 e. The maximum Gasteiger partial charge on any atom is 0.339 e. The van der Waals surface area contributed by atoms with Crippen LogP contribution in [0.2, 0.25) is 0 Å². The molecule has 0 atom stereocenters. The molecule has 0 radical (unpaired) electrons. The van der Waals surface area contributed by atoms with E-state index < -0.39 is 15.9 Å². The van der Waals surface area contributed by atoms with Gasteiger partial charge in [-0.3, -0.25) is 9.69 Å². The van der Waals surface area contributed by atoms with Crippen molar-refractivity contribution in [3.8, 4) is 5.75 Å². The van der Waals surface area contributed by atoms with Crippen molar-refractivity contribution in [1.29, 1.82) is 0 Å². The Morgan fingerprint density at radius 1 is 0.935 bits per heavy atom. The van der Waals surface area contributed by atoms with Gasteiger partial charge < -0.3 is 4.18 Å². The molecule has 1 aliphatic heterocycles. The first-order valence-corrected chi connectivity index (χ1v) is 11.6. The van der Waals surface area contributed by atoms with Crippen LogP contribution in [0.25, 0.3) is 6.08 Å². The van der Waals surface area contributed by atoms with Crippen molar-refractivity contribution in [3.05, 3.63) is 95.1 Å². The number of thioether (sulfide) groups is 1. The third-order valence-corrected chi connectivity index (χ3v) is 6.87. The van der Waals surface area contributed by atoms with E-state index in [1.807, 2.05) is 0 Å². The monoisotopic (exact) mass is 471 g/mol. The van der Waals surface area contributed by atoms with Crippen molar-refractivity contribution >= 4 is 56.1 Å². The lowest BCUT2D eigenvalue weighted by Crippen LogP contribution is -2.27. The van der Waals surface area contributed by atoms with Crippen LogP contribution < -0.4 is 9.08 Å². The van der Waals surface area contributed by atoms with Crippen molar-refractivity contribution in [3.63, 3.8) is 0 Å². The number of anilines is 1. The van der Waals surface area contributed by atoms with Crippen molar-refractivity contribution in [2.45, 2.75) is 4.90 Å². The molecular formula is C22H14FNO4S3. The Balaban J connectivity index is 1.65. The van der Waals surface area contributed by atoms with Gasteiger partial charge in [0.05, 0.1) is 10.6 Å². The standard InChI is InChI=1S/C22H14FNO4S3/c23-16-10-12-17(13-11-16)24-21(25)20(30-22(24)29)14-15-6-4-5-9-19(15)28-31(26,27)18-7-2-1-3-8-18/h1-14H/b20-14+. The summed E-state index contributed by atoms with van der Waals surface area (Å²) in [5.74, 6) is -0.726. The SMILES string of the molecule is O=C1/C(=C\c2ccccc2OS(=O)(=O)c2ccccc2)SC(=S)N1c1ccc(F)cc1. The Bertz CT molecular complexity index is 1290. The Labute approximate surface area is 188 Å². The third kappa shape index (κ3) is 4.53. The summed E-state index contributed by atoms with van der Waals surface area (Å²) in [5, 5.41) is 0. The molecule has 3 aromatic rings. The molecule has 3 aromatic carbocycles. The number of thiocarbonyl (C=S) groups is 1. The molecule has 0 aliphatic carbocycles. The molecule has 1 aliphatic rings. The van der Waals surface area contributed by atoms with E-state index in [1.165, 1.54) is 53.4 Å². The number of amides is 1. The van der Waals surface area contributed by atoms with Gasteiger partial charge in [0.1, 0.15) is 16.5 Å². The first kappa shape index (κ1) is 21.2. The van der Waals surface area contributed by atoms with Crippen molar-refractivity contribution in [2.75, 3.05) is 4.90 Å². The number of carbonyl (C=O) groups is 1. The average molecular weight is 472 g/mol. The van der Waals surface area contributed by atoms with E-state index in [0.717, 1.165) is 11.8 Å². The Morgan fingerprint density at radius 2 is 1.58 bits per heavy atom. The number of benzene rings is 3. The van der Waals surface area contributed by atoms with Gasteiger partial charge in [-0.15, -0.1) is 0 Å². The van der Waals surface area contributed by atoms with Gasteiger partial charge >= 0.3 is 10.1 Å². The maximum atomic E-state index is 13.2. The molecule has 0 spiro atoms. The molecule has 1 amide bonds. The molecule has 0 N–H and O–H groups in total. The summed E-state index contributed by atoms with van der Waals surface area (Å²) in [7, 11) is -4.04. The van der Waals surface area contributed by atoms with E-state index in [4.69, 9.17) is 16.4 Å². The van der Waals surface area contributed by atoms with Gasteiger partial charge in [0, 0.05) is 5.56 Å². The molecule has 4 rings (SSSR count). The molecule has 0 bridgehead atoms. The van der Waals surface area contributed by atoms with E-state index in [0.29, 0.717) is 16.2 Å². The predicted molar refractivity (Wildman–Crippen MR) is 123 cm³/mol. The molecule has 1 saturated heterocycles. The zero-order valence-electron chi connectivity index (χ0n) is 15.8. The van der Waals surface area contributed by atoms with Crippen LogP contribution in [0.5, 0.6) is 5.75 Å². The second-order valence-corrected chi connectivity index (χ2v) is 9.60. The van der Waals surface area contributed by atoms with E-state index in [-0.39, 0.29) is 20.9 Å². The van der Waals surface area contributed by atoms with Gasteiger partial charge in [-0.05, 0) is 48.5 Å². The van der Waals surface area contributed by atoms with E-state index in [9.17, 15) is 17.6 Å². The fourth-order valence-corrected chi connectivity index (χ4v) is 5.12. The van der Waals surface area contributed by atoms with Crippen LogP contribution in [0.1, 0.15) is 5.56 Å². The number of carbonyl (C=O) groups excluding carboxylic acids is 1. The lowest BCUT2D eigenvalue weighted by atomic mass is 10.2. The van der Waals surface area contributed by atoms with Gasteiger partial charge in [0.15, 0.2) is 4.32 Å². The van der Waals surface area contributed by atoms with Gasteiger partial charge in [0.25, 0.3) is 5.91 Å². The average Bonchev–Trinajstić information content (AvgIpc) is 3.04. The highest BCUT2D eigenvalue weighted by atomic mass is 32.2. The number of halogens is 1. The third-order valence-electron chi connectivity index (χ3n) is 4.32. The topological polar surface area (TPSA) is 63.7 Å². The van der Waals surface area contributed by atoms with Gasteiger partial charge in [-0.2, -0.15) is 8.42 Å². The minimum atomic E-state index is -4.04. The molecule has 0 unspecified atom stereocenters. The van der Waals surface area contributed by atoms with Crippen LogP contribution in [0.3, 0.4) is 0 Å². The summed E-state index contributed by atoms with van der Waals surface area (Å²) in [5.41, 5.74) is 0.852. The number of hydrogen-bond donors (Lipinski definition) is 0. The number of nitrogens with zero attached hydrogens (tertiary/aromatic N) is 1. The molecule has 1 heterocycles. The van der Waals surface area contributed by atoms with Gasteiger partial charge in [-0.1, -0.05) is 60.4 Å². The van der Waals surface area contributed by atoms with Crippen LogP contribution in [0.4, 0.5) is 10.1 Å². The van der Waals surface area contributed by atoms with Gasteiger partial charge in [0.2, 0.25) is 0 Å². The Kier molecular flexibility index (Phi) is 5.90. The largest absolute Gasteiger partial charge is 0.378 e. The fourth-order valence-electron chi connectivity index (χ4n) is 2.85. The molecule has 156 valence electrons. The van der Waals surface area contributed by atoms with Crippen LogP contribution in [-0.4, -0.2) is 18.6 Å². The molecule has 0 saturated carbocycles. The predicted octanol–water partition coefficient (Wildman–Crippen LogP) is 5.00. The zero-order chi connectivity index (χ0) is 22.0. The maximum absolute atomic E-state index is 13.2. The zero-order valence-corrected chi connectivity index (χ0v) is 18.2. The first-order chi connectivity index (χ1) is 14.8. The van der Waals surface area contributed by atoms with E-state index in [1.54, 1.807) is 36.4 Å². The molecular weight excluding hydrogens is 457 g/mol. The van der Waals surface area contributed by atoms with Crippen LogP contribution in [0, 0.1) is 5.82 Å². The minimum Gasteiger partial charge on any atom is -0.378 e. The Morgan fingerprint density at radius 3 is 2.29 bits per heavy atom. The summed E-state index contributed by atoms with van der Waals surface area (Å²) in [6.45, 7) is 0. The molecule has 31 heavy (non-hydrogen) atoms. The minimum absolute atomic E-state index is 0.0208. The summed E-state index contributed by atoms with van der Waals surface area (Å²) in [4.78, 5) is 14.5. The van der Waals surface area contributed by atoms with Crippen LogP contribution in [-0.2, 0) is 14.9 Å². The highest BCUT2D eigenvalue weighted by Gasteiger charge is 2.33. The van der Waals surface area contributed by atoms with E-state index in [2.05, 4.69) is 0 Å². The van der Waals surface area contributed by atoms with Crippen molar-refractivity contribution in [2.24, 2.45) is 0 Å². The van der Waals surface area contributed by atoms with Crippen molar-refractivity contribution < 1.29 is 21.8 Å². The number of rotatable bonds is 5. The number of hydrogen-bond acceptors (Lipinski definition) is 6. The molecule has 5 nitrogen and oxygen atoms in total. The van der Waals surface area contributed by atoms with Gasteiger partial charge in [-0.25, -0.2) is 4.39 Å². The lowest BCUT2D eigenvalue weighted by Gasteiger charge is -2.14. The van der Waals surface area contributed by atoms with Crippen molar-refractivity contribution in [1.82, 2.24) is 0 Å². The summed E-state index contributed by atoms with van der Waals surface area (Å²) < 4.78 is 44.0. The van der Waals surface area contributed by atoms with Crippen LogP contribution in [0.15, 0.2) is 88.7 Å². The van der Waals surface area contributed by atoms with Crippen LogP contribution >= 0.6 is 24.0 Å². The fraction of sp³-hybridized carbons (Fsp3) is 0. The summed E-state index contributed by atoms with van der Waals surface area (Å²) in [6.07, 6.45) is 1.53. The summed E-state index contributed by atoms with van der Waals surface area (Å²) in [6, 6.07) is 19.7. The molecule has 9 heteroatoms. The highest BCUT2D eigenvalue weighted by Crippen LogP contribution is 2.37. The van der Waals surface area contributed by atoms with E-state index >= 15 is 0 Å².